The Morgan fingerprint density at radius 2 is 1.93 bits per heavy atom. The number of ether oxygens (including phenoxy) is 3. The number of pyridine rings is 1. The third-order valence-corrected chi connectivity index (χ3v) is 5.44. The Kier molecular flexibility index (Phi) is 4.75. The standard InChI is InChI=1S/C24H23N3O3/c1-3-29-22-9-6-7-18-21-15-20(16-10-12-17(28-2)13-11-16)26-27(21)24(30-23(18)22)19-8-4-5-14-25-19/h4-14,21,24H,3,15H2,1-2H3/t21-,24-/m0/s1. The number of aromatic nitrogens is 1. The highest BCUT2D eigenvalue weighted by Crippen LogP contribution is 2.50. The van der Waals surface area contributed by atoms with Gasteiger partial charge in [-0.25, -0.2) is 5.01 Å². The van der Waals surface area contributed by atoms with Gasteiger partial charge in [0.2, 0.25) is 6.23 Å². The summed E-state index contributed by atoms with van der Waals surface area (Å²) in [4.78, 5) is 4.54. The second-order valence-corrected chi connectivity index (χ2v) is 7.21. The van der Waals surface area contributed by atoms with E-state index in [1.54, 1.807) is 13.3 Å². The van der Waals surface area contributed by atoms with Crippen LogP contribution in [0.4, 0.5) is 0 Å². The molecular formula is C24H23N3O3. The van der Waals surface area contributed by atoms with E-state index >= 15 is 0 Å². The normalized spacial score (nSPS) is 19.4. The van der Waals surface area contributed by atoms with Crippen LogP contribution in [0.3, 0.4) is 0 Å². The molecule has 1 aromatic heterocycles. The summed E-state index contributed by atoms with van der Waals surface area (Å²) in [5, 5.41) is 7.00. The predicted molar refractivity (Wildman–Crippen MR) is 114 cm³/mol. The summed E-state index contributed by atoms with van der Waals surface area (Å²) < 4.78 is 17.6. The van der Waals surface area contributed by atoms with Gasteiger partial charge in [0.1, 0.15) is 11.4 Å². The Balaban J connectivity index is 1.58. The molecule has 2 aromatic carbocycles. The summed E-state index contributed by atoms with van der Waals surface area (Å²) in [6, 6.07) is 20.0. The smallest absolute Gasteiger partial charge is 0.230 e. The van der Waals surface area contributed by atoms with Crippen LogP contribution in [0.5, 0.6) is 17.2 Å². The number of hydrogen-bond donors (Lipinski definition) is 0. The van der Waals surface area contributed by atoms with Crippen molar-refractivity contribution >= 4 is 5.71 Å². The first-order chi connectivity index (χ1) is 14.8. The second kappa shape index (κ2) is 7.71. The zero-order valence-electron chi connectivity index (χ0n) is 17.0. The molecule has 5 rings (SSSR count). The van der Waals surface area contributed by atoms with Crippen LogP contribution in [0, 0.1) is 0 Å². The fourth-order valence-electron chi connectivity index (χ4n) is 4.03. The Bertz CT molecular complexity index is 1070. The van der Waals surface area contributed by atoms with E-state index in [1.165, 1.54) is 0 Å². The highest BCUT2D eigenvalue weighted by molar-refractivity contribution is 6.02. The predicted octanol–water partition coefficient (Wildman–Crippen LogP) is 4.73. The van der Waals surface area contributed by atoms with Gasteiger partial charge in [-0.1, -0.05) is 18.2 Å². The average Bonchev–Trinajstić information content (AvgIpc) is 3.25. The molecule has 0 spiro atoms. The van der Waals surface area contributed by atoms with E-state index in [9.17, 15) is 0 Å². The molecule has 3 heterocycles. The molecular weight excluding hydrogens is 378 g/mol. The number of hydrazone groups is 1. The van der Waals surface area contributed by atoms with E-state index in [-0.39, 0.29) is 6.04 Å². The third-order valence-electron chi connectivity index (χ3n) is 5.44. The fourth-order valence-corrected chi connectivity index (χ4v) is 4.03. The lowest BCUT2D eigenvalue weighted by Crippen LogP contribution is -2.34. The van der Waals surface area contributed by atoms with Gasteiger partial charge in [0, 0.05) is 18.2 Å². The van der Waals surface area contributed by atoms with Gasteiger partial charge in [0.25, 0.3) is 0 Å². The molecule has 0 N–H and O–H groups in total. The van der Waals surface area contributed by atoms with Gasteiger partial charge in [0.05, 0.1) is 25.5 Å². The van der Waals surface area contributed by atoms with Gasteiger partial charge in [-0.05, 0) is 55.0 Å². The van der Waals surface area contributed by atoms with E-state index in [2.05, 4.69) is 11.1 Å². The molecule has 0 radical (unpaired) electrons. The number of rotatable bonds is 5. The van der Waals surface area contributed by atoms with Crippen LogP contribution in [-0.4, -0.2) is 29.4 Å². The Morgan fingerprint density at radius 1 is 1.07 bits per heavy atom. The van der Waals surface area contributed by atoms with E-state index in [1.807, 2.05) is 66.5 Å². The van der Waals surface area contributed by atoms with Gasteiger partial charge in [-0.3, -0.25) is 4.98 Å². The van der Waals surface area contributed by atoms with E-state index < -0.39 is 6.23 Å². The van der Waals surface area contributed by atoms with Crippen LogP contribution in [0.15, 0.2) is 72.0 Å². The number of fused-ring (bicyclic) bond motifs is 3. The van der Waals surface area contributed by atoms with Crippen molar-refractivity contribution in [2.75, 3.05) is 13.7 Å². The number of para-hydroxylation sites is 1. The van der Waals surface area contributed by atoms with Crippen molar-refractivity contribution in [1.82, 2.24) is 9.99 Å². The third kappa shape index (κ3) is 3.14. The molecule has 152 valence electrons. The van der Waals surface area contributed by atoms with Crippen LogP contribution in [-0.2, 0) is 0 Å². The minimum absolute atomic E-state index is 0.0539. The van der Waals surface area contributed by atoms with Crippen molar-refractivity contribution in [2.45, 2.75) is 25.6 Å². The molecule has 3 aromatic rings. The Morgan fingerprint density at radius 3 is 2.67 bits per heavy atom. The molecule has 0 amide bonds. The summed E-state index contributed by atoms with van der Waals surface area (Å²) in [5.74, 6) is 2.37. The van der Waals surface area contributed by atoms with E-state index in [4.69, 9.17) is 19.3 Å². The molecule has 2 atom stereocenters. The van der Waals surface area contributed by atoms with Crippen molar-refractivity contribution in [3.05, 3.63) is 83.7 Å². The van der Waals surface area contributed by atoms with Crippen molar-refractivity contribution in [1.29, 1.82) is 0 Å². The fraction of sp³-hybridized carbons (Fsp3) is 0.250. The lowest BCUT2D eigenvalue weighted by Gasteiger charge is -2.38. The SMILES string of the molecule is CCOc1cccc2c1O[C@@H](c1ccccn1)N1N=C(c3ccc(OC)cc3)C[C@@H]21. The first-order valence-corrected chi connectivity index (χ1v) is 10.1. The van der Waals surface area contributed by atoms with Crippen LogP contribution >= 0.6 is 0 Å². The monoisotopic (exact) mass is 401 g/mol. The average molecular weight is 401 g/mol. The van der Waals surface area contributed by atoms with Gasteiger partial charge in [-0.2, -0.15) is 5.10 Å². The maximum atomic E-state index is 6.45. The van der Waals surface area contributed by atoms with Crippen LogP contribution in [0.2, 0.25) is 0 Å². The molecule has 0 saturated heterocycles. The van der Waals surface area contributed by atoms with E-state index in [0.717, 1.165) is 46.2 Å². The summed E-state index contributed by atoms with van der Waals surface area (Å²) >= 11 is 0. The van der Waals surface area contributed by atoms with Crippen molar-refractivity contribution < 1.29 is 14.2 Å². The Hall–Kier alpha value is -3.54. The van der Waals surface area contributed by atoms with Crippen LogP contribution in [0.25, 0.3) is 0 Å². The van der Waals surface area contributed by atoms with Crippen LogP contribution in [0.1, 0.15) is 42.4 Å². The lowest BCUT2D eigenvalue weighted by molar-refractivity contribution is -0.0240. The molecule has 2 aliphatic rings. The number of hydrogen-bond acceptors (Lipinski definition) is 6. The van der Waals surface area contributed by atoms with Gasteiger partial charge in [-0.15, -0.1) is 0 Å². The lowest BCUT2D eigenvalue weighted by atomic mass is 9.96. The minimum atomic E-state index is -0.416. The maximum Gasteiger partial charge on any atom is 0.230 e. The molecule has 2 aliphatic heterocycles. The summed E-state index contributed by atoms with van der Waals surface area (Å²) in [6.07, 6.45) is 2.14. The maximum absolute atomic E-state index is 6.45. The van der Waals surface area contributed by atoms with Gasteiger partial charge >= 0.3 is 0 Å². The zero-order chi connectivity index (χ0) is 20.5. The molecule has 6 heteroatoms. The largest absolute Gasteiger partial charge is 0.497 e. The second-order valence-electron chi connectivity index (χ2n) is 7.21. The summed E-state index contributed by atoms with van der Waals surface area (Å²) in [7, 11) is 1.67. The van der Waals surface area contributed by atoms with Crippen molar-refractivity contribution in [3.8, 4) is 17.2 Å². The summed E-state index contributed by atoms with van der Waals surface area (Å²) in [5.41, 5.74) is 3.99. The molecule has 0 bridgehead atoms. The topological polar surface area (TPSA) is 56.2 Å². The molecule has 0 saturated carbocycles. The first-order valence-electron chi connectivity index (χ1n) is 10.1. The quantitative estimate of drug-likeness (QED) is 0.619. The highest BCUT2D eigenvalue weighted by Gasteiger charge is 2.42. The molecule has 0 fully saturated rings. The number of methoxy groups -OCH3 is 1. The number of nitrogens with zero attached hydrogens (tertiary/aromatic N) is 3. The molecule has 0 aliphatic carbocycles. The van der Waals surface area contributed by atoms with Gasteiger partial charge in [0.15, 0.2) is 11.5 Å². The Labute approximate surface area is 175 Å². The first kappa shape index (κ1) is 18.5. The number of benzene rings is 2. The van der Waals surface area contributed by atoms with Gasteiger partial charge < -0.3 is 14.2 Å². The van der Waals surface area contributed by atoms with Crippen molar-refractivity contribution in [2.24, 2.45) is 5.10 Å². The molecule has 0 unspecified atom stereocenters. The molecule has 30 heavy (non-hydrogen) atoms. The van der Waals surface area contributed by atoms with Crippen LogP contribution < -0.4 is 14.2 Å². The van der Waals surface area contributed by atoms with E-state index in [0.29, 0.717) is 6.61 Å². The highest BCUT2D eigenvalue weighted by atomic mass is 16.5. The zero-order valence-corrected chi connectivity index (χ0v) is 17.0. The molecule has 6 nitrogen and oxygen atoms in total. The van der Waals surface area contributed by atoms with Crippen molar-refractivity contribution in [3.63, 3.8) is 0 Å². The minimum Gasteiger partial charge on any atom is -0.497 e. The summed E-state index contributed by atoms with van der Waals surface area (Å²) in [6.45, 7) is 2.56.